The van der Waals surface area contributed by atoms with Gasteiger partial charge in [-0.2, -0.15) is 13.2 Å². The largest absolute Gasteiger partial charge is 0.416 e. The predicted octanol–water partition coefficient (Wildman–Crippen LogP) is 4.32. The van der Waals surface area contributed by atoms with E-state index in [1.807, 2.05) is 17.0 Å². The Morgan fingerprint density at radius 2 is 1.67 bits per heavy atom. The Balaban J connectivity index is 1.54. The summed E-state index contributed by atoms with van der Waals surface area (Å²) in [5, 5.41) is 2.52. The van der Waals surface area contributed by atoms with Crippen LogP contribution in [0.2, 0.25) is 5.02 Å². The van der Waals surface area contributed by atoms with Gasteiger partial charge in [0.2, 0.25) is 5.91 Å². The van der Waals surface area contributed by atoms with Crippen LogP contribution >= 0.6 is 11.6 Å². The van der Waals surface area contributed by atoms with Crippen molar-refractivity contribution in [2.24, 2.45) is 0 Å². The number of carbonyl (C=O) groups excluding carboxylic acids is 2. The third-order valence-corrected chi connectivity index (χ3v) is 5.28. The molecule has 1 fully saturated rings. The zero-order valence-electron chi connectivity index (χ0n) is 16.3. The number of nitrogens with zero attached hydrogens (tertiary/aromatic N) is 2. The highest BCUT2D eigenvalue weighted by atomic mass is 35.5. The third-order valence-electron chi connectivity index (χ3n) is 4.95. The molecule has 0 saturated carbocycles. The molecule has 0 unspecified atom stereocenters. The zero-order valence-corrected chi connectivity index (χ0v) is 17.1. The summed E-state index contributed by atoms with van der Waals surface area (Å²) < 4.78 is 38.6. The minimum atomic E-state index is -4.51. The molecule has 0 aromatic heterocycles. The van der Waals surface area contributed by atoms with Crippen molar-refractivity contribution in [2.45, 2.75) is 13.1 Å². The Labute approximate surface area is 177 Å². The SMILES string of the molecule is CC(=O)c1ccc(N2CCN(CC(=O)Nc3cc(C(F)(F)F)ccc3Cl)CC2)cc1. The Bertz CT molecular complexity index is 924. The van der Waals surface area contributed by atoms with Crippen LogP contribution in [0, 0.1) is 0 Å². The molecule has 160 valence electrons. The first-order valence-electron chi connectivity index (χ1n) is 9.38. The van der Waals surface area contributed by atoms with Crippen LogP contribution in [0.1, 0.15) is 22.8 Å². The molecule has 1 amide bonds. The summed E-state index contributed by atoms with van der Waals surface area (Å²) in [4.78, 5) is 27.8. The van der Waals surface area contributed by atoms with Gasteiger partial charge in [-0.15, -0.1) is 0 Å². The van der Waals surface area contributed by atoms with Gasteiger partial charge < -0.3 is 10.2 Å². The van der Waals surface area contributed by atoms with Crippen molar-refractivity contribution >= 4 is 34.7 Å². The topological polar surface area (TPSA) is 52.7 Å². The van der Waals surface area contributed by atoms with E-state index in [9.17, 15) is 22.8 Å². The number of halogens is 4. The molecule has 2 aromatic carbocycles. The maximum atomic E-state index is 12.9. The summed E-state index contributed by atoms with van der Waals surface area (Å²) in [5.74, 6) is -0.409. The minimum absolute atomic E-state index is 0.0123. The molecule has 3 rings (SSSR count). The molecule has 5 nitrogen and oxygen atoms in total. The molecule has 1 aliphatic rings. The molecule has 1 saturated heterocycles. The number of benzene rings is 2. The number of nitrogens with one attached hydrogen (secondary N) is 1. The molecule has 0 radical (unpaired) electrons. The lowest BCUT2D eigenvalue weighted by Gasteiger charge is -2.35. The van der Waals surface area contributed by atoms with Gasteiger partial charge in [-0.3, -0.25) is 14.5 Å². The number of carbonyl (C=O) groups is 2. The lowest BCUT2D eigenvalue weighted by atomic mass is 10.1. The maximum Gasteiger partial charge on any atom is 0.416 e. The number of Topliss-reactive ketones (excluding diaryl/α,β-unsaturated/α-hetero) is 1. The second kappa shape index (κ2) is 9.06. The molecule has 30 heavy (non-hydrogen) atoms. The van der Waals surface area contributed by atoms with E-state index in [0.717, 1.165) is 23.9 Å². The van der Waals surface area contributed by atoms with Crippen LogP contribution in [0.5, 0.6) is 0 Å². The first-order chi connectivity index (χ1) is 14.1. The van der Waals surface area contributed by atoms with Crippen LogP contribution in [0.25, 0.3) is 0 Å². The number of amides is 1. The second-order valence-corrected chi connectivity index (χ2v) is 7.51. The number of alkyl halides is 3. The average molecular weight is 440 g/mol. The Morgan fingerprint density at radius 1 is 1.03 bits per heavy atom. The lowest BCUT2D eigenvalue weighted by Crippen LogP contribution is -2.48. The minimum Gasteiger partial charge on any atom is -0.369 e. The quantitative estimate of drug-likeness (QED) is 0.705. The van der Waals surface area contributed by atoms with E-state index in [4.69, 9.17) is 11.6 Å². The second-order valence-electron chi connectivity index (χ2n) is 7.11. The molecule has 0 aliphatic carbocycles. The fourth-order valence-corrected chi connectivity index (χ4v) is 3.43. The predicted molar refractivity (Wildman–Crippen MR) is 110 cm³/mol. The first kappa shape index (κ1) is 22.1. The average Bonchev–Trinajstić information content (AvgIpc) is 2.69. The van der Waals surface area contributed by atoms with Crippen molar-refractivity contribution in [1.82, 2.24) is 4.90 Å². The van der Waals surface area contributed by atoms with Gasteiger partial charge in [-0.05, 0) is 49.4 Å². The van der Waals surface area contributed by atoms with Crippen molar-refractivity contribution in [1.29, 1.82) is 0 Å². The number of anilines is 2. The molecule has 0 bridgehead atoms. The van der Waals surface area contributed by atoms with Gasteiger partial charge in [-0.1, -0.05) is 11.6 Å². The molecular weight excluding hydrogens is 419 g/mol. The van der Waals surface area contributed by atoms with E-state index < -0.39 is 17.6 Å². The summed E-state index contributed by atoms with van der Waals surface area (Å²) >= 11 is 5.93. The van der Waals surface area contributed by atoms with Gasteiger partial charge in [0.1, 0.15) is 0 Å². The van der Waals surface area contributed by atoms with Crippen LogP contribution in [0.15, 0.2) is 42.5 Å². The Morgan fingerprint density at radius 3 is 2.23 bits per heavy atom. The summed E-state index contributed by atoms with van der Waals surface area (Å²) in [7, 11) is 0. The van der Waals surface area contributed by atoms with E-state index in [1.165, 1.54) is 6.92 Å². The number of ketones is 1. The first-order valence-corrected chi connectivity index (χ1v) is 9.76. The molecular formula is C21H21ClF3N3O2. The lowest BCUT2D eigenvalue weighted by molar-refractivity contribution is -0.137. The molecule has 1 heterocycles. The van der Waals surface area contributed by atoms with Gasteiger partial charge in [0.15, 0.2) is 5.78 Å². The molecule has 0 atom stereocenters. The zero-order chi connectivity index (χ0) is 21.9. The van der Waals surface area contributed by atoms with Crippen LogP contribution in [0.4, 0.5) is 24.5 Å². The van der Waals surface area contributed by atoms with Gasteiger partial charge in [0.25, 0.3) is 0 Å². The monoisotopic (exact) mass is 439 g/mol. The number of piperazine rings is 1. The van der Waals surface area contributed by atoms with Crippen molar-refractivity contribution in [3.63, 3.8) is 0 Å². The van der Waals surface area contributed by atoms with E-state index in [0.29, 0.717) is 31.7 Å². The summed E-state index contributed by atoms with van der Waals surface area (Å²) in [6, 6.07) is 10.2. The van der Waals surface area contributed by atoms with Crippen LogP contribution in [0.3, 0.4) is 0 Å². The highest BCUT2D eigenvalue weighted by Crippen LogP contribution is 2.33. The van der Waals surface area contributed by atoms with Crippen LogP contribution in [-0.4, -0.2) is 49.3 Å². The van der Waals surface area contributed by atoms with E-state index in [1.54, 1.807) is 12.1 Å². The summed E-state index contributed by atoms with van der Waals surface area (Å²) in [6.45, 7) is 4.21. The van der Waals surface area contributed by atoms with Crippen molar-refractivity contribution in [2.75, 3.05) is 42.9 Å². The number of hydrogen-bond acceptors (Lipinski definition) is 4. The molecule has 1 aliphatic heterocycles. The van der Waals surface area contributed by atoms with Crippen LogP contribution < -0.4 is 10.2 Å². The third kappa shape index (κ3) is 5.52. The van der Waals surface area contributed by atoms with Crippen molar-refractivity contribution < 1.29 is 22.8 Å². The van der Waals surface area contributed by atoms with Gasteiger partial charge in [0.05, 0.1) is 22.8 Å². The van der Waals surface area contributed by atoms with Crippen LogP contribution in [-0.2, 0) is 11.0 Å². The Kier molecular flexibility index (Phi) is 6.67. The van der Waals surface area contributed by atoms with E-state index in [2.05, 4.69) is 10.2 Å². The molecule has 1 N–H and O–H groups in total. The fourth-order valence-electron chi connectivity index (χ4n) is 3.26. The fraction of sp³-hybridized carbons (Fsp3) is 0.333. The number of hydrogen-bond donors (Lipinski definition) is 1. The smallest absolute Gasteiger partial charge is 0.369 e. The molecule has 9 heteroatoms. The highest BCUT2D eigenvalue weighted by molar-refractivity contribution is 6.33. The van der Waals surface area contributed by atoms with Crippen molar-refractivity contribution in [3.05, 3.63) is 58.6 Å². The van der Waals surface area contributed by atoms with Crippen molar-refractivity contribution in [3.8, 4) is 0 Å². The molecule has 0 spiro atoms. The maximum absolute atomic E-state index is 12.9. The highest BCUT2D eigenvalue weighted by Gasteiger charge is 2.31. The number of rotatable bonds is 5. The van der Waals surface area contributed by atoms with Gasteiger partial charge in [-0.25, -0.2) is 0 Å². The molecule has 2 aromatic rings. The standard InChI is InChI=1S/C21H21ClF3N3O2/c1-14(29)15-2-5-17(6-3-15)28-10-8-27(9-11-28)13-20(30)26-19-12-16(21(23,24)25)4-7-18(19)22/h2-7,12H,8-11,13H2,1H3,(H,26,30). The summed E-state index contributed by atoms with van der Waals surface area (Å²) in [6.07, 6.45) is -4.51. The Hall–Kier alpha value is -2.58. The van der Waals surface area contributed by atoms with Gasteiger partial charge in [0, 0.05) is 37.4 Å². The summed E-state index contributed by atoms with van der Waals surface area (Å²) in [5.41, 5.74) is 0.731. The van der Waals surface area contributed by atoms with Gasteiger partial charge >= 0.3 is 6.18 Å². The van der Waals surface area contributed by atoms with E-state index in [-0.39, 0.29) is 23.0 Å². The normalized spacial score (nSPS) is 15.2. The van der Waals surface area contributed by atoms with E-state index >= 15 is 0 Å².